The van der Waals surface area contributed by atoms with Crippen LogP contribution in [0.4, 0.5) is 0 Å². The molecule has 1 aromatic heterocycles. The van der Waals surface area contributed by atoms with Crippen molar-refractivity contribution in [3.8, 4) is 0 Å². The monoisotopic (exact) mass is 150 g/mol. The van der Waals surface area contributed by atoms with Crippen LogP contribution in [0.15, 0.2) is 18.7 Å². The van der Waals surface area contributed by atoms with E-state index < -0.39 is 0 Å². The summed E-state index contributed by atoms with van der Waals surface area (Å²) in [5, 5.41) is 0. The van der Waals surface area contributed by atoms with Crippen LogP contribution in [-0.4, -0.2) is 16.3 Å². The predicted octanol–water partition coefficient (Wildman–Crippen LogP) is 0.854. The number of nitrogens with zero attached hydrogens (tertiary/aromatic N) is 2. The van der Waals surface area contributed by atoms with Gasteiger partial charge in [-0.2, -0.15) is 0 Å². The first-order valence-corrected chi connectivity index (χ1v) is 3.52. The second kappa shape index (κ2) is 3.81. The Morgan fingerprint density at radius 1 is 1.55 bits per heavy atom. The van der Waals surface area contributed by atoms with Gasteiger partial charge in [0.2, 0.25) is 0 Å². The predicted molar refractivity (Wildman–Crippen MR) is 41.0 cm³/mol. The zero-order valence-corrected chi connectivity index (χ0v) is 6.40. The van der Waals surface area contributed by atoms with Crippen LogP contribution >= 0.6 is 0 Å². The van der Waals surface area contributed by atoms with Crippen LogP contribution in [0.25, 0.3) is 0 Å². The van der Waals surface area contributed by atoms with E-state index in [0.717, 1.165) is 18.3 Å². The molecule has 0 N–H and O–H groups in total. The summed E-state index contributed by atoms with van der Waals surface area (Å²) < 4.78 is 0. The van der Waals surface area contributed by atoms with Gasteiger partial charge in [-0.15, -0.1) is 0 Å². The molecule has 58 valence electrons. The summed E-state index contributed by atoms with van der Waals surface area (Å²) in [6.45, 7) is 1.88. The minimum absolute atomic E-state index is 0.0565. The van der Waals surface area contributed by atoms with Crippen LogP contribution in [0.1, 0.15) is 12.5 Å². The number of aromatic nitrogens is 2. The van der Waals surface area contributed by atoms with E-state index in [-0.39, 0.29) is 5.92 Å². The van der Waals surface area contributed by atoms with E-state index in [4.69, 9.17) is 0 Å². The third-order valence-corrected chi connectivity index (χ3v) is 1.40. The van der Waals surface area contributed by atoms with Gasteiger partial charge in [0.05, 0.1) is 0 Å². The fourth-order valence-electron chi connectivity index (χ4n) is 0.855. The Balaban J connectivity index is 2.57. The lowest BCUT2D eigenvalue weighted by molar-refractivity contribution is -0.110. The van der Waals surface area contributed by atoms with Crippen LogP contribution in [0.2, 0.25) is 0 Å². The minimum atomic E-state index is 0.0565. The molecule has 1 rings (SSSR count). The molecule has 0 aliphatic heterocycles. The summed E-state index contributed by atoms with van der Waals surface area (Å²) >= 11 is 0. The van der Waals surface area contributed by atoms with Gasteiger partial charge < -0.3 is 4.79 Å². The molecule has 0 aliphatic rings. The maximum Gasteiger partial charge on any atom is 0.123 e. The van der Waals surface area contributed by atoms with Gasteiger partial charge in [-0.25, -0.2) is 9.97 Å². The van der Waals surface area contributed by atoms with Crippen molar-refractivity contribution in [3.63, 3.8) is 0 Å². The summed E-state index contributed by atoms with van der Waals surface area (Å²) in [5.74, 6) is 0.0565. The highest BCUT2D eigenvalue weighted by Crippen LogP contribution is 2.02. The second-order valence-electron chi connectivity index (χ2n) is 2.56. The van der Waals surface area contributed by atoms with Gasteiger partial charge in [-0.1, -0.05) is 6.92 Å². The van der Waals surface area contributed by atoms with E-state index in [1.807, 2.05) is 6.92 Å². The topological polar surface area (TPSA) is 42.9 Å². The number of rotatable bonds is 3. The highest BCUT2D eigenvalue weighted by Gasteiger charge is 2.00. The molecule has 0 spiro atoms. The number of carbonyl (C=O) groups excluding carboxylic acids is 1. The van der Waals surface area contributed by atoms with Gasteiger partial charge in [-0.05, 0) is 12.0 Å². The average Bonchev–Trinajstić information content (AvgIpc) is 2.06. The summed E-state index contributed by atoms with van der Waals surface area (Å²) in [6, 6.07) is 0. The van der Waals surface area contributed by atoms with Crippen molar-refractivity contribution in [1.82, 2.24) is 9.97 Å². The maximum absolute atomic E-state index is 10.3. The summed E-state index contributed by atoms with van der Waals surface area (Å²) in [5.41, 5.74) is 1.01. The summed E-state index contributed by atoms with van der Waals surface area (Å²) in [6.07, 6.45) is 6.60. The van der Waals surface area contributed by atoms with Crippen molar-refractivity contribution in [3.05, 3.63) is 24.3 Å². The maximum atomic E-state index is 10.3. The van der Waals surface area contributed by atoms with Gasteiger partial charge in [0.1, 0.15) is 12.6 Å². The van der Waals surface area contributed by atoms with Crippen molar-refractivity contribution in [1.29, 1.82) is 0 Å². The third kappa shape index (κ3) is 2.45. The lowest BCUT2D eigenvalue weighted by atomic mass is 10.1. The lowest BCUT2D eigenvalue weighted by Crippen LogP contribution is -2.00. The SMILES string of the molecule is CC(C=O)Cc1cncnc1. The molecule has 0 saturated heterocycles. The number of hydrogen-bond donors (Lipinski definition) is 0. The van der Waals surface area contributed by atoms with Crippen molar-refractivity contribution < 1.29 is 4.79 Å². The molecule has 0 bridgehead atoms. The van der Waals surface area contributed by atoms with Gasteiger partial charge in [0.25, 0.3) is 0 Å². The van der Waals surface area contributed by atoms with Gasteiger partial charge >= 0.3 is 0 Å². The highest BCUT2D eigenvalue weighted by atomic mass is 16.1. The van der Waals surface area contributed by atoms with Crippen molar-refractivity contribution in [2.24, 2.45) is 5.92 Å². The zero-order valence-electron chi connectivity index (χ0n) is 6.40. The molecule has 1 heterocycles. The Kier molecular flexibility index (Phi) is 2.72. The van der Waals surface area contributed by atoms with E-state index in [2.05, 4.69) is 9.97 Å². The largest absolute Gasteiger partial charge is 0.303 e. The third-order valence-electron chi connectivity index (χ3n) is 1.40. The van der Waals surface area contributed by atoms with E-state index in [9.17, 15) is 4.79 Å². The van der Waals surface area contributed by atoms with Crippen molar-refractivity contribution in [2.75, 3.05) is 0 Å². The standard InChI is InChI=1S/C8H10N2O/c1-7(5-11)2-8-3-9-6-10-4-8/h3-7H,2H2,1H3. The second-order valence-corrected chi connectivity index (χ2v) is 2.56. The highest BCUT2D eigenvalue weighted by molar-refractivity contribution is 5.53. The molecule has 0 aliphatic carbocycles. The Labute approximate surface area is 65.5 Å². The molecule has 3 heteroatoms. The number of carbonyl (C=O) groups is 1. The fraction of sp³-hybridized carbons (Fsp3) is 0.375. The van der Waals surface area contributed by atoms with E-state index in [1.165, 1.54) is 6.33 Å². The van der Waals surface area contributed by atoms with E-state index >= 15 is 0 Å². The molecule has 0 aromatic carbocycles. The van der Waals surface area contributed by atoms with Crippen LogP contribution in [0.3, 0.4) is 0 Å². The minimum Gasteiger partial charge on any atom is -0.303 e. The smallest absolute Gasteiger partial charge is 0.123 e. The first-order valence-electron chi connectivity index (χ1n) is 3.52. The quantitative estimate of drug-likeness (QED) is 0.600. The molecule has 1 unspecified atom stereocenters. The normalized spacial score (nSPS) is 12.5. The Hall–Kier alpha value is -1.25. The first-order chi connectivity index (χ1) is 5.33. The molecular formula is C8H10N2O. The number of hydrogen-bond acceptors (Lipinski definition) is 3. The first kappa shape index (κ1) is 7.85. The van der Waals surface area contributed by atoms with Crippen LogP contribution in [-0.2, 0) is 11.2 Å². The lowest BCUT2D eigenvalue weighted by Gasteiger charge is -2.00. The fourth-order valence-corrected chi connectivity index (χ4v) is 0.855. The average molecular weight is 150 g/mol. The van der Waals surface area contributed by atoms with Crippen LogP contribution < -0.4 is 0 Å². The molecule has 0 fully saturated rings. The van der Waals surface area contributed by atoms with Gasteiger partial charge in [0.15, 0.2) is 0 Å². The molecule has 11 heavy (non-hydrogen) atoms. The summed E-state index contributed by atoms with van der Waals surface area (Å²) in [7, 11) is 0. The molecule has 1 atom stereocenters. The summed E-state index contributed by atoms with van der Waals surface area (Å²) in [4.78, 5) is 18.0. The Bertz CT molecular complexity index is 223. The number of aldehydes is 1. The molecule has 0 radical (unpaired) electrons. The zero-order chi connectivity index (χ0) is 8.10. The molecule has 1 aromatic rings. The van der Waals surface area contributed by atoms with Gasteiger partial charge in [0, 0.05) is 18.3 Å². The van der Waals surface area contributed by atoms with E-state index in [0.29, 0.717) is 0 Å². The Morgan fingerprint density at radius 3 is 2.73 bits per heavy atom. The molecular weight excluding hydrogens is 140 g/mol. The van der Waals surface area contributed by atoms with Gasteiger partial charge in [-0.3, -0.25) is 0 Å². The van der Waals surface area contributed by atoms with Crippen molar-refractivity contribution >= 4 is 6.29 Å². The van der Waals surface area contributed by atoms with Crippen LogP contribution in [0.5, 0.6) is 0 Å². The molecule has 0 amide bonds. The van der Waals surface area contributed by atoms with Crippen LogP contribution in [0, 0.1) is 5.92 Å². The van der Waals surface area contributed by atoms with E-state index in [1.54, 1.807) is 12.4 Å². The van der Waals surface area contributed by atoms with Crippen molar-refractivity contribution in [2.45, 2.75) is 13.3 Å². The molecule has 0 saturated carbocycles. The Morgan fingerprint density at radius 2 is 2.18 bits per heavy atom. The molecule has 3 nitrogen and oxygen atoms in total.